The summed E-state index contributed by atoms with van der Waals surface area (Å²) in [6, 6.07) is 5.32. The summed E-state index contributed by atoms with van der Waals surface area (Å²) < 4.78 is 0.766. The summed E-state index contributed by atoms with van der Waals surface area (Å²) in [5, 5.41) is 0. The van der Waals surface area contributed by atoms with Crippen molar-refractivity contribution in [2.24, 2.45) is 0 Å². The van der Waals surface area contributed by atoms with Crippen molar-refractivity contribution in [3.8, 4) is 0 Å². The lowest BCUT2D eigenvalue weighted by atomic mass is 10.1. The van der Waals surface area contributed by atoms with Crippen LogP contribution in [0.2, 0.25) is 0 Å². The highest BCUT2D eigenvalue weighted by molar-refractivity contribution is 9.10. The molecule has 0 fully saturated rings. The molecule has 1 amide bonds. The quantitative estimate of drug-likeness (QED) is 0.816. The minimum atomic E-state index is 0.0596. The van der Waals surface area contributed by atoms with E-state index in [9.17, 15) is 4.79 Å². The first-order valence-corrected chi connectivity index (χ1v) is 7.24. The molecule has 0 unspecified atom stereocenters. The molecule has 1 aromatic rings. The standard InChI is InChI=1S/C14H22BrN3O/c1-4-7-18(9-8-17(2)3)14(19)11-5-6-13(16)12(15)10-11/h5-6,10H,4,7-9,16H2,1-3H3. The van der Waals surface area contributed by atoms with Crippen molar-refractivity contribution in [2.45, 2.75) is 13.3 Å². The van der Waals surface area contributed by atoms with Gasteiger partial charge in [-0.05, 0) is 54.6 Å². The largest absolute Gasteiger partial charge is 0.398 e. The van der Waals surface area contributed by atoms with Crippen molar-refractivity contribution < 1.29 is 4.79 Å². The topological polar surface area (TPSA) is 49.6 Å². The molecule has 0 aliphatic rings. The van der Waals surface area contributed by atoms with E-state index in [1.807, 2.05) is 19.0 Å². The highest BCUT2D eigenvalue weighted by Gasteiger charge is 2.15. The third kappa shape index (κ3) is 4.84. The van der Waals surface area contributed by atoms with Crippen LogP contribution in [0, 0.1) is 0 Å². The van der Waals surface area contributed by atoms with Crippen molar-refractivity contribution in [1.82, 2.24) is 9.80 Å². The Morgan fingerprint density at radius 3 is 2.47 bits per heavy atom. The second kappa shape index (κ2) is 7.50. The molecule has 0 radical (unpaired) electrons. The zero-order chi connectivity index (χ0) is 14.4. The minimum Gasteiger partial charge on any atom is -0.398 e. The second-order valence-corrected chi connectivity index (χ2v) is 5.69. The molecular weight excluding hydrogens is 306 g/mol. The molecule has 0 aromatic heterocycles. The van der Waals surface area contributed by atoms with Gasteiger partial charge in [0.1, 0.15) is 0 Å². The molecule has 19 heavy (non-hydrogen) atoms. The average Bonchev–Trinajstić information content (AvgIpc) is 2.36. The lowest BCUT2D eigenvalue weighted by Crippen LogP contribution is -2.37. The zero-order valence-corrected chi connectivity index (χ0v) is 13.4. The number of benzene rings is 1. The third-order valence-corrected chi connectivity index (χ3v) is 3.53. The number of nitrogen functional groups attached to an aromatic ring is 1. The Labute approximate surface area is 123 Å². The maximum atomic E-state index is 12.5. The molecule has 5 heteroatoms. The zero-order valence-electron chi connectivity index (χ0n) is 11.8. The minimum absolute atomic E-state index is 0.0596. The van der Waals surface area contributed by atoms with E-state index in [0.717, 1.165) is 30.5 Å². The van der Waals surface area contributed by atoms with E-state index in [1.165, 1.54) is 0 Å². The monoisotopic (exact) mass is 327 g/mol. The van der Waals surface area contributed by atoms with Gasteiger partial charge in [0.05, 0.1) is 0 Å². The molecule has 0 saturated heterocycles. The molecule has 0 spiro atoms. The summed E-state index contributed by atoms with van der Waals surface area (Å²) in [5.74, 6) is 0.0596. The van der Waals surface area contributed by atoms with Crippen molar-refractivity contribution >= 4 is 27.5 Å². The fourth-order valence-electron chi connectivity index (χ4n) is 1.75. The lowest BCUT2D eigenvalue weighted by Gasteiger charge is -2.24. The predicted molar refractivity (Wildman–Crippen MR) is 83.3 cm³/mol. The Hall–Kier alpha value is -1.07. The van der Waals surface area contributed by atoms with E-state index >= 15 is 0 Å². The van der Waals surface area contributed by atoms with E-state index < -0.39 is 0 Å². The van der Waals surface area contributed by atoms with Crippen LogP contribution in [0.1, 0.15) is 23.7 Å². The predicted octanol–water partition coefficient (Wildman–Crippen LogP) is 2.45. The number of likely N-dealkylation sites (N-methyl/N-ethyl adjacent to an activating group) is 1. The smallest absolute Gasteiger partial charge is 0.253 e. The fraction of sp³-hybridized carbons (Fsp3) is 0.500. The van der Waals surface area contributed by atoms with Crippen molar-refractivity contribution in [1.29, 1.82) is 0 Å². The molecule has 1 rings (SSSR count). The Morgan fingerprint density at radius 1 is 1.26 bits per heavy atom. The number of amides is 1. The van der Waals surface area contributed by atoms with Crippen LogP contribution in [-0.2, 0) is 0 Å². The van der Waals surface area contributed by atoms with Crippen LogP contribution in [0.25, 0.3) is 0 Å². The van der Waals surface area contributed by atoms with Gasteiger partial charge in [-0.2, -0.15) is 0 Å². The summed E-state index contributed by atoms with van der Waals surface area (Å²) in [6.45, 7) is 4.45. The summed E-state index contributed by atoms with van der Waals surface area (Å²) in [7, 11) is 4.02. The molecule has 0 atom stereocenters. The first-order valence-electron chi connectivity index (χ1n) is 6.44. The summed E-state index contributed by atoms with van der Waals surface area (Å²) in [4.78, 5) is 16.4. The normalized spacial score (nSPS) is 10.8. The Morgan fingerprint density at radius 2 is 1.95 bits per heavy atom. The van der Waals surface area contributed by atoms with Gasteiger partial charge in [-0.3, -0.25) is 4.79 Å². The Bertz CT molecular complexity index is 435. The molecule has 0 bridgehead atoms. The number of carbonyl (C=O) groups is 1. The number of nitrogens with two attached hydrogens (primary N) is 1. The first-order chi connectivity index (χ1) is 8.95. The number of hydrogen-bond acceptors (Lipinski definition) is 3. The summed E-state index contributed by atoms with van der Waals surface area (Å²) in [6.07, 6.45) is 0.954. The van der Waals surface area contributed by atoms with Gasteiger partial charge in [0.25, 0.3) is 5.91 Å². The molecule has 0 heterocycles. The van der Waals surface area contributed by atoms with Crippen LogP contribution in [0.4, 0.5) is 5.69 Å². The van der Waals surface area contributed by atoms with Crippen molar-refractivity contribution in [2.75, 3.05) is 39.5 Å². The Kier molecular flexibility index (Phi) is 6.31. The SMILES string of the molecule is CCCN(CCN(C)C)C(=O)c1ccc(N)c(Br)c1. The van der Waals surface area contributed by atoms with Crippen LogP contribution >= 0.6 is 15.9 Å². The molecule has 1 aromatic carbocycles. The van der Waals surface area contributed by atoms with Gasteiger partial charge in [-0.15, -0.1) is 0 Å². The van der Waals surface area contributed by atoms with Gasteiger partial charge in [0, 0.05) is 35.4 Å². The average molecular weight is 328 g/mol. The number of hydrogen-bond donors (Lipinski definition) is 1. The number of carbonyl (C=O) groups excluding carboxylic acids is 1. The molecule has 0 saturated carbocycles. The molecule has 2 N–H and O–H groups in total. The van der Waals surface area contributed by atoms with Crippen molar-refractivity contribution in [3.05, 3.63) is 28.2 Å². The highest BCUT2D eigenvalue weighted by Crippen LogP contribution is 2.21. The second-order valence-electron chi connectivity index (χ2n) is 4.83. The molecule has 106 valence electrons. The van der Waals surface area contributed by atoms with Crippen molar-refractivity contribution in [3.63, 3.8) is 0 Å². The van der Waals surface area contributed by atoms with Crippen LogP contribution in [0.15, 0.2) is 22.7 Å². The highest BCUT2D eigenvalue weighted by atomic mass is 79.9. The van der Waals surface area contributed by atoms with Gasteiger partial charge in [-0.1, -0.05) is 6.92 Å². The number of halogens is 1. The Balaban J connectivity index is 2.82. The molecular formula is C14H22BrN3O. The lowest BCUT2D eigenvalue weighted by molar-refractivity contribution is 0.0745. The summed E-state index contributed by atoms with van der Waals surface area (Å²) in [5.41, 5.74) is 7.06. The van der Waals surface area contributed by atoms with Gasteiger partial charge in [0.15, 0.2) is 0 Å². The number of anilines is 1. The van der Waals surface area contributed by atoms with Gasteiger partial charge in [-0.25, -0.2) is 0 Å². The van der Waals surface area contributed by atoms with Crippen LogP contribution in [-0.4, -0.2) is 49.4 Å². The van der Waals surface area contributed by atoms with Gasteiger partial charge >= 0.3 is 0 Å². The fourth-order valence-corrected chi connectivity index (χ4v) is 2.13. The summed E-state index contributed by atoms with van der Waals surface area (Å²) >= 11 is 3.36. The van der Waals surface area contributed by atoms with Gasteiger partial charge < -0.3 is 15.5 Å². The number of rotatable bonds is 6. The van der Waals surface area contributed by atoms with E-state index in [1.54, 1.807) is 18.2 Å². The third-order valence-electron chi connectivity index (χ3n) is 2.85. The van der Waals surface area contributed by atoms with Crippen LogP contribution < -0.4 is 5.73 Å². The van der Waals surface area contributed by atoms with Crippen LogP contribution in [0.5, 0.6) is 0 Å². The van der Waals surface area contributed by atoms with Crippen LogP contribution in [0.3, 0.4) is 0 Å². The van der Waals surface area contributed by atoms with E-state index in [2.05, 4.69) is 27.8 Å². The molecule has 0 aliphatic heterocycles. The maximum absolute atomic E-state index is 12.5. The van der Waals surface area contributed by atoms with E-state index in [0.29, 0.717) is 11.3 Å². The van der Waals surface area contributed by atoms with Gasteiger partial charge in [0.2, 0.25) is 0 Å². The maximum Gasteiger partial charge on any atom is 0.253 e. The molecule has 0 aliphatic carbocycles. The molecule has 4 nitrogen and oxygen atoms in total. The first kappa shape index (κ1) is 16.0. The number of nitrogens with zero attached hydrogens (tertiary/aromatic N) is 2. The van der Waals surface area contributed by atoms with E-state index in [4.69, 9.17) is 5.73 Å². The van der Waals surface area contributed by atoms with E-state index in [-0.39, 0.29) is 5.91 Å².